The Kier molecular flexibility index (Phi) is 5.08. The maximum absolute atomic E-state index is 14.0. The quantitative estimate of drug-likeness (QED) is 0.611. The van der Waals surface area contributed by atoms with Crippen molar-refractivity contribution in [2.75, 3.05) is 30.8 Å². The number of nitrogens with one attached hydrogen (secondary N) is 2. The van der Waals surface area contributed by atoms with Gasteiger partial charge in [-0.2, -0.15) is 0 Å². The zero-order valence-corrected chi connectivity index (χ0v) is 17.5. The van der Waals surface area contributed by atoms with E-state index in [0.717, 1.165) is 48.8 Å². The van der Waals surface area contributed by atoms with Crippen LogP contribution in [0.15, 0.2) is 41.4 Å². The number of anilines is 1. The minimum Gasteiger partial charge on any atom is -0.348 e. The van der Waals surface area contributed by atoms with Crippen LogP contribution in [0.5, 0.6) is 0 Å². The number of aromatic nitrogens is 3. The minimum atomic E-state index is -0.225. The molecule has 1 aromatic carbocycles. The molecule has 0 bridgehead atoms. The van der Waals surface area contributed by atoms with Crippen LogP contribution in [0.3, 0.4) is 0 Å². The lowest BCUT2D eigenvalue weighted by molar-refractivity contribution is 0.0916. The van der Waals surface area contributed by atoms with E-state index in [1.807, 2.05) is 24.5 Å². The van der Waals surface area contributed by atoms with Gasteiger partial charge in [0.25, 0.3) is 5.91 Å². The molecule has 2 aromatic heterocycles. The van der Waals surface area contributed by atoms with Crippen molar-refractivity contribution < 1.29 is 9.18 Å². The summed E-state index contributed by atoms with van der Waals surface area (Å²) in [7, 11) is 0. The molecule has 9 heteroatoms. The molecule has 1 atom stereocenters. The first-order chi connectivity index (χ1) is 14.6. The van der Waals surface area contributed by atoms with E-state index in [1.54, 1.807) is 28.5 Å². The molecule has 7 nitrogen and oxygen atoms in total. The molecule has 0 saturated carbocycles. The number of rotatable bonds is 5. The van der Waals surface area contributed by atoms with Crippen molar-refractivity contribution in [3.8, 4) is 0 Å². The van der Waals surface area contributed by atoms with Gasteiger partial charge < -0.3 is 15.5 Å². The number of halogens is 1. The summed E-state index contributed by atoms with van der Waals surface area (Å²) in [5.41, 5.74) is 2.04. The van der Waals surface area contributed by atoms with Gasteiger partial charge in [0.2, 0.25) is 0 Å². The number of hydrogen-bond acceptors (Lipinski definition) is 6. The van der Waals surface area contributed by atoms with E-state index in [-0.39, 0.29) is 23.8 Å². The fraction of sp³-hybridized carbons (Fsp3) is 0.381. The Balaban J connectivity index is 1.48. The van der Waals surface area contributed by atoms with Gasteiger partial charge in [0.15, 0.2) is 11.3 Å². The Hall–Kier alpha value is -2.65. The zero-order chi connectivity index (χ0) is 20.7. The molecule has 30 heavy (non-hydrogen) atoms. The Morgan fingerprint density at radius 3 is 2.93 bits per heavy atom. The van der Waals surface area contributed by atoms with Crippen molar-refractivity contribution in [1.29, 1.82) is 0 Å². The summed E-state index contributed by atoms with van der Waals surface area (Å²) >= 11 is 1.62. The summed E-state index contributed by atoms with van der Waals surface area (Å²) in [6.07, 6.45) is 5.51. The van der Waals surface area contributed by atoms with E-state index >= 15 is 0 Å². The number of nitrogens with zero attached hydrogens (tertiary/aromatic N) is 4. The molecule has 0 radical (unpaired) electrons. The second-order valence-corrected chi connectivity index (χ2v) is 8.52. The second-order valence-electron chi connectivity index (χ2n) is 7.67. The molecule has 0 aliphatic carbocycles. The van der Waals surface area contributed by atoms with Crippen LogP contribution in [0.4, 0.5) is 10.2 Å². The molecule has 2 fully saturated rings. The third-order valence-corrected chi connectivity index (χ3v) is 6.61. The molecular weight excluding hydrogens is 403 g/mol. The van der Waals surface area contributed by atoms with Gasteiger partial charge in [-0.3, -0.25) is 4.79 Å². The smallest absolute Gasteiger partial charge is 0.271 e. The summed E-state index contributed by atoms with van der Waals surface area (Å²) in [4.78, 5) is 20.3. The molecular formula is C21H23FN6OS. The van der Waals surface area contributed by atoms with Crippen LogP contribution < -0.4 is 15.5 Å². The third kappa shape index (κ3) is 3.41. The summed E-state index contributed by atoms with van der Waals surface area (Å²) < 4.78 is 15.6. The SMILES string of the molecule is CSc1ccc(F)cc1[C@H]1CCCN1c1ccc2ncc(C(=O)NC3CNC3)n2n1. The second kappa shape index (κ2) is 7.88. The molecule has 156 valence electrons. The van der Waals surface area contributed by atoms with Crippen LogP contribution in [0.2, 0.25) is 0 Å². The maximum atomic E-state index is 14.0. The fourth-order valence-electron chi connectivity index (χ4n) is 4.15. The summed E-state index contributed by atoms with van der Waals surface area (Å²) in [6, 6.07) is 8.98. The van der Waals surface area contributed by atoms with Crippen molar-refractivity contribution >= 4 is 29.1 Å². The predicted octanol–water partition coefficient (Wildman–Crippen LogP) is 2.63. The first kappa shape index (κ1) is 19.3. The molecule has 0 unspecified atom stereocenters. The Bertz CT molecular complexity index is 1100. The van der Waals surface area contributed by atoms with E-state index in [2.05, 4.69) is 20.5 Å². The largest absolute Gasteiger partial charge is 0.348 e. The highest BCUT2D eigenvalue weighted by molar-refractivity contribution is 7.98. The van der Waals surface area contributed by atoms with Gasteiger partial charge in [0, 0.05) is 24.5 Å². The number of amides is 1. The van der Waals surface area contributed by atoms with Gasteiger partial charge in [-0.05, 0) is 55.0 Å². The van der Waals surface area contributed by atoms with Crippen LogP contribution in [0.1, 0.15) is 34.9 Å². The summed E-state index contributed by atoms with van der Waals surface area (Å²) in [5.74, 6) is 0.363. The molecule has 2 N–H and O–H groups in total. The van der Waals surface area contributed by atoms with Gasteiger partial charge in [-0.1, -0.05) is 0 Å². The zero-order valence-electron chi connectivity index (χ0n) is 16.6. The Morgan fingerprint density at radius 2 is 2.17 bits per heavy atom. The van der Waals surface area contributed by atoms with E-state index in [9.17, 15) is 9.18 Å². The number of imidazole rings is 1. The summed E-state index contributed by atoms with van der Waals surface area (Å²) in [5, 5.41) is 10.9. The van der Waals surface area contributed by atoms with Crippen LogP contribution >= 0.6 is 11.8 Å². The molecule has 5 rings (SSSR count). The molecule has 2 saturated heterocycles. The first-order valence-corrected chi connectivity index (χ1v) is 11.3. The molecule has 1 amide bonds. The lowest BCUT2D eigenvalue weighted by Gasteiger charge is -2.28. The highest BCUT2D eigenvalue weighted by atomic mass is 32.2. The predicted molar refractivity (Wildman–Crippen MR) is 115 cm³/mol. The average Bonchev–Trinajstić information content (AvgIpc) is 3.37. The normalized spacial score (nSPS) is 19.3. The molecule has 3 aromatic rings. The van der Waals surface area contributed by atoms with Crippen molar-refractivity contribution in [2.24, 2.45) is 0 Å². The van der Waals surface area contributed by atoms with Gasteiger partial charge >= 0.3 is 0 Å². The minimum absolute atomic E-state index is 0.0509. The first-order valence-electron chi connectivity index (χ1n) is 10.1. The lowest BCUT2D eigenvalue weighted by atomic mass is 10.0. The monoisotopic (exact) mass is 426 g/mol. The molecule has 2 aliphatic heterocycles. The number of fused-ring (bicyclic) bond motifs is 1. The Labute approximate surface area is 178 Å². The number of carbonyl (C=O) groups is 1. The molecule has 0 spiro atoms. The number of hydrogen-bond donors (Lipinski definition) is 2. The highest BCUT2D eigenvalue weighted by Crippen LogP contribution is 2.39. The van der Waals surface area contributed by atoms with Crippen molar-refractivity contribution in [3.63, 3.8) is 0 Å². The maximum Gasteiger partial charge on any atom is 0.271 e. The molecule has 4 heterocycles. The van der Waals surface area contributed by atoms with Crippen LogP contribution in [0, 0.1) is 5.82 Å². The van der Waals surface area contributed by atoms with Gasteiger partial charge in [0.05, 0.1) is 18.3 Å². The van der Waals surface area contributed by atoms with E-state index in [1.165, 1.54) is 6.07 Å². The topological polar surface area (TPSA) is 74.6 Å². The van der Waals surface area contributed by atoms with E-state index in [4.69, 9.17) is 5.10 Å². The number of carbonyl (C=O) groups excluding carboxylic acids is 1. The van der Waals surface area contributed by atoms with Crippen LogP contribution in [-0.2, 0) is 0 Å². The fourth-order valence-corrected chi connectivity index (χ4v) is 4.79. The lowest BCUT2D eigenvalue weighted by Crippen LogP contribution is -2.57. The number of benzene rings is 1. The highest BCUT2D eigenvalue weighted by Gasteiger charge is 2.30. The van der Waals surface area contributed by atoms with Crippen LogP contribution in [-0.4, -0.2) is 52.4 Å². The van der Waals surface area contributed by atoms with Gasteiger partial charge in [-0.15, -0.1) is 16.9 Å². The van der Waals surface area contributed by atoms with Gasteiger partial charge in [-0.25, -0.2) is 13.9 Å². The van der Waals surface area contributed by atoms with Gasteiger partial charge in [0.1, 0.15) is 11.6 Å². The molecule has 2 aliphatic rings. The van der Waals surface area contributed by atoms with Crippen molar-refractivity contribution in [1.82, 2.24) is 25.2 Å². The number of thioether (sulfide) groups is 1. The Morgan fingerprint density at radius 1 is 1.30 bits per heavy atom. The average molecular weight is 427 g/mol. The standard InChI is InChI=1S/C21H23FN6OS/c1-30-18-5-4-13(22)9-15(18)16-3-2-8-27(16)20-7-6-19-24-12-17(28(19)26-20)21(29)25-14-10-23-11-14/h4-7,9,12,14,16,23H,2-3,8,10-11H2,1H3,(H,25,29)/t16-/m1/s1. The van der Waals surface area contributed by atoms with E-state index < -0.39 is 0 Å². The van der Waals surface area contributed by atoms with Crippen molar-refractivity contribution in [2.45, 2.75) is 29.8 Å². The van der Waals surface area contributed by atoms with Crippen LogP contribution in [0.25, 0.3) is 5.65 Å². The third-order valence-electron chi connectivity index (χ3n) is 5.80. The van der Waals surface area contributed by atoms with Crippen molar-refractivity contribution in [3.05, 3.63) is 53.6 Å². The van der Waals surface area contributed by atoms with E-state index in [0.29, 0.717) is 11.3 Å². The summed E-state index contributed by atoms with van der Waals surface area (Å²) in [6.45, 7) is 2.39.